The Kier molecular flexibility index (Phi) is 6.47. The van der Waals surface area contributed by atoms with Gasteiger partial charge >= 0.3 is 0 Å². The van der Waals surface area contributed by atoms with Crippen LogP contribution in [-0.4, -0.2) is 31.2 Å². The third-order valence-corrected chi connectivity index (χ3v) is 6.41. The van der Waals surface area contributed by atoms with Crippen LogP contribution in [-0.2, 0) is 13.0 Å². The summed E-state index contributed by atoms with van der Waals surface area (Å²) in [5.74, 6) is 1.54. The minimum absolute atomic E-state index is 0.1000. The molecule has 0 unspecified atom stereocenters. The molecular formula is C26H22N6O3S. The van der Waals surface area contributed by atoms with Crippen LogP contribution >= 0.6 is 11.3 Å². The number of allylic oxidation sites excluding steroid dienone is 1. The van der Waals surface area contributed by atoms with Gasteiger partial charge in [-0.25, -0.2) is 9.97 Å². The zero-order valence-corrected chi connectivity index (χ0v) is 20.5. The smallest absolute Gasteiger partial charge is 0.275 e. The summed E-state index contributed by atoms with van der Waals surface area (Å²) in [7, 11) is 0. The van der Waals surface area contributed by atoms with E-state index in [2.05, 4.69) is 26.1 Å². The molecule has 3 aromatic heterocycles. The number of benzene rings is 2. The third kappa shape index (κ3) is 4.69. The van der Waals surface area contributed by atoms with Gasteiger partial charge in [0.15, 0.2) is 11.5 Å². The van der Waals surface area contributed by atoms with Crippen molar-refractivity contribution in [2.45, 2.75) is 26.9 Å². The summed E-state index contributed by atoms with van der Waals surface area (Å²) in [5.41, 5.74) is 3.09. The number of rotatable bonds is 8. The summed E-state index contributed by atoms with van der Waals surface area (Å²) in [4.78, 5) is 25.2. The molecular weight excluding hydrogens is 476 g/mol. The normalized spacial score (nSPS) is 11.6. The average molecular weight is 499 g/mol. The van der Waals surface area contributed by atoms with Crippen LogP contribution in [0.1, 0.15) is 35.9 Å². The molecule has 0 amide bonds. The van der Waals surface area contributed by atoms with Crippen LogP contribution in [0.4, 0.5) is 0 Å². The zero-order valence-electron chi connectivity index (χ0n) is 19.7. The van der Waals surface area contributed by atoms with Crippen LogP contribution in [0.3, 0.4) is 0 Å². The number of aromatic nitrogens is 5. The average Bonchev–Trinajstić information content (AvgIpc) is 3.51. The quantitative estimate of drug-likeness (QED) is 0.310. The second kappa shape index (κ2) is 10.0. The number of imidazole rings is 1. The van der Waals surface area contributed by atoms with Gasteiger partial charge < -0.3 is 14.5 Å². The fourth-order valence-electron chi connectivity index (χ4n) is 3.67. The van der Waals surface area contributed by atoms with Crippen molar-refractivity contribution in [3.8, 4) is 17.6 Å². The molecule has 3 heterocycles. The summed E-state index contributed by atoms with van der Waals surface area (Å²) in [6.45, 7) is 4.40. The highest BCUT2D eigenvalue weighted by Gasteiger charge is 2.12. The Hall–Kier alpha value is -4.49. The molecule has 1 N–H and O–H groups in total. The fourth-order valence-corrected chi connectivity index (χ4v) is 4.52. The van der Waals surface area contributed by atoms with E-state index >= 15 is 0 Å². The monoisotopic (exact) mass is 498 g/mol. The Morgan fingerprint density at radius 1 is 1.14 bits per heavy atom. The molecule has 0 radical (unpaired) electrons. The molecule has 36 heavy (non-hydrogen) atoms. The number of H-pyrrole nitrogens is 1. The van der Waals surface area contributed by atoms with Crippen molar-refractivity contribution in [1.29, 1.82) is 5.26 Å². The molecule has 9 nitrogen and oxygen atoms in total. The van der Waals surface area contributed by atoms with Crippen molar-refractivity contribution in [2.24, 2.45) is 0 Å². The predicted molar refractivity (Wildman–Crippen MR) is 138 cm³/mol. The Balaban J connectivity index is 1.40. The molecule has 0 spiro atoms. The maximum Gasteiger partial charge on any atom is 0.275 e. The Labute approximate surface area is 210 Å². The van der Waals surface area contributed by atoms with Crippen LogP contribution in [0.25, 0.3) is 27.6 Å². The number of aryl methyl sites for hydroxylation is 1. The van der Waals surface area contributed by atoms with Gasteiger partial charge in [-0.1, -0.05) is 36.5 Å². The lowest BCUT2D eigenvalue weighted by Crippen LogP contribution is -2.16. The van der Waals surface area contributed by atoms with Crippen LogP contribution < -0.4 is 15.0 Å². The molecule has 5 aromatic rings. The second-order valence-electron chi connectivity index (χ2n) is 7.83. The first-order valence-electron chi connectivity index (χ1n) is 11.4. The molecule has 2 aromatic carbocycles. The number of nitrogens with one attached hydrogen (secondary N) is 1. The number of para-hydroxylation sites is 2. The summed E-state index contributed by atoms with van der Waals surface area (Å²) >= 11 is 1.39. The number of nitrogens with zero attached hydrogens (tertiary/aromatic N) is 5. The maximum absolute atomic E-state index is 12.4. The van der Waals surface area contributed by atoms with E-state index in [1.54, 1.807) is 18.2 Å². The van der Waals surface area contributed by atoms with Crippen molar-refractivity contribution in [2.75, 3.05) is 6.61 Å². The van der Waals surface area contributed by atoms with E-state index < -0.39 is 0 Å². The molecule has 0 saturated heterocycles. The zero-order chi connectivity index (χ0) is 25.1. The summed E-state index contributed by atoms with van der Waals surface area (Å²) in [5, 5.41) is 14.9. The van der Waals surface area contributed by atoms with E-state index in [1.807, 2.05) is 44.2 Å². The van der Waals surface area contributed by atoms with Crippen LogP contribution in [0, 0.1) is 11.3 Å². The van der Waals surface area contributed by atoms with Crippen molar-refractivity contribution < 1.29 is 9.47 Å². The number of ether oxygens (including phenoxy) is 2. The van der Waals surface area contributed by atoms with E-state index in [0.29, 0.717) is 40.2 Å². The minimum atomic E-state index is -0.241. The van der Waals surface area contributed by atoms with Gasteiger partial charge in [0.25, 0.3) is 5.56 Å². The largest absolute Gasteiger partial charge is 0.490 e. The van der Waals surface area contributed by atoms with E-state index in [0.717, 1.165) is 28.0 Å². The lowest BCUT2D eigenvalue weighted by Gasteiger charge is -2.12. The van der Waals surface area contributed by atoms with Crippen LogP contribution in [0.2, 0.25) is 0 Å². The van der Waals surface area contributed by atoms with E-state index in [9.17, 15) is 10.1 Å². The second-order valence-corrected chi connectivity index (χ2v) is 8.87. The van der Waals surface area contributed by atoms with Gasteiger partial charge in [0, 0.05) is 6.07 Å². The van der Waals surface area contributed by atoms with E-state index in [1.165, 1.54) is 21.9 Å². The Morgan fingerprint density at radius 3 is 2.78 bits per heavy atom. The number of hydrogen-bond acceptors (Lipinski definition) is 8. The molecule has 180 valence electrons. The summed E-state index contributed by atoms with van der Waals surface area (Å²) in [6, 6.07) is 16.7. The van der Waals surface area contributed by atoms with Crippen molar-refractivity contribution in [1.82, 2.24) is 24.6 Å². The number of aromatic amines is 1. The van der Waals surface area contributed by atoms with Gasteiger partial charge in [-0.2, -0.15) is 14.9 Å². The van der Waals surface area contributed by atoms with Crippen LogP contribution in [0.5, 0.6) is 11.5 Å². The standard InChI is InChI=1S/C26H22N6O3S/c1-3-23-31-32-24(33)13-18(28-26(32)36-23)15-35-21-10-9-16(12-22(21)34-4-2)11-17(14-27)25-29-19-7-5-6-8-20(19)30-25/h5-13H,3-4,15H2,1-2H3,(H,29,30). The van der Waals surface area contributed by atoms with Gasteiger partial charge in [-0.05, 0) is 49.2 Å². The Morgan fingerprint density at radius 2 is 2.00 bits per heavy atom. The molecule has 0 fully saturated rings. The van der Waals surface area contributed by atoms with Gasteiger partial charge in [0.1, 0.15) is 23.5 Å². The van der Waals surface area contributed by atoms with E-state index in [-0.39, 0.29) is 12.2 Å². The third-order valence-electron chi connectivity index (χ3n) is 5.36. The summed E-state index contributed by atoms with van der Waals surface area (Å²) in [6.07, 6.45) is 2.48. The van der Waals surface area contributed by atoms with Crippen molar-refractivity contribution >= 4 is 39.0 Å². The van der Waals surface area contributed by atoms with E-state index in [4.69, 9.17) is 9.47 Å². The van der Waals surface area contributed by atoms with Crippen molar-refractivity contribution in [3.63, 3.8) is 0 Å². The lowest BCUT2D eigenvalue weighted by atomic mass is 10.1. The highest BCUT2D eigenvalue weighted by molar-refractivity contribution is 7.16. The highest BCUT2D eigenvalue weighted by atomic mass is 32.1. The van der Waals surface area contributed by atoms with Gasteiger partial charge in [-0.15, -0.1) is 0 Å². The lowest BCUT2D eigenvalue weighted by molar-refractivity contribution is 0.266. The molecule has 0 aliphatic rings. The maximum atomic E-state index is 12.4. The molecule has 0 atom stereocenters. The van der Waals surface area contributed by atoms with Gasteiger partial charge in [0.2, 0.25) is 4.96 Å². The first-order chi connectivity index (χ1) is 17.6. The molecule has 0 bridgehead atoms. The number of nitriles is 1. The van der Waals surface area contributed by atoms with Gasteiger partial charge in [-0.3, -0.25) is 4.79 Å². The van der Waals surface area contributed by atoms with Gasteiger partial charge in [0.05, 0.1) is 28.9 Å². The van der Waals surface area contributed by atoms with Crippen LogP contribution in [0.15, 0.2) is 53.3 Å². The number of hydrogen-bond donors (Lipinski definition) is 1. The Bertz CT molecular complexity index is 1660. The molecule has 10 heteroatoms. The SMILES string of the molecule is CCOc1cc(C=C(C#N)c2nc3ccccc3[nH]2)ccc1OCc1cc(=O)n2nc(CC)sc2n1. The topological polar surface area (TPSA) is 118 Å². The first-order valence-corrected chi connectivity index (χ1v) is 12.2. The van der Waals surface area contributed by atoms with Crippen molar-refractivity contribution in [3.05, 3.63) is 81.0 Å². The summed E-state index contributed by atoms with van der Waals surface area (Å²) < 4.78 is 13.1. The highest BCUT2D eigenvalue weighted by Crippen LogP contribution is 2.31. The predicted octanol–water partition coefficient (Wildman–Crippen LogP) is 4.63. The fraction of sp³-hybridized carbons (Fsp3) is 0.192. The first kappa shape index (κ1) is 23.3. The number of fused-ring (bicyclic) bond motifs is 2. The molecule has 0 aliphatic carbocycles. The minimum Gasteiger partial charge on any atom is -0.490 e. The molecule has 0 aliphatic heterocycles. The molecule has 5 rings (SSSR count). The molecule has 0 saturated carbocycles.